The van der Waals surface area contributed by atoms with Crippen molar-refractivity contribution >= 4 is 5.78 Å². The van der Waals surface area contributed by atoms with Crippen molar-refractivity contribution in [1.82, 2.24) is 0 Å². The molecule has 4 aliphatic rings. The smallest absolute Gasteiger partial charge is 0.137 e. The average Bonchev–Trinajstić information content (AvgIpc) is 3.04. The van der Waals surface area contributed by atoms with Crippen LogP contribution in [0.1, 0.15) is 73.1 Å². The quantitative estimate of drug-likeness (QED) is 0.468. The lowest BCUT2D eigenvalue weighted by molar-refractivity contribution is -0.221. The lowest BCUT2D eigenvalue weighted by atomic mass is 9.43. The fraction of sp³-hybridized carbons (Fsp3) is 0.893. The summed E-state index contributed by atoms with van der Waals surface area (Å²) in [4.78, 5) is 13.6. The maximum Gasteiger partial charge on any atom is 0.137 e. The van der Waals surface area contributed by atoms with Gasteiger partial charge in [-0.3, -0.25) is 4.79 Å². The highest BCUT2D eigenvalue weighted by molar-refractivity contribution is 5.85. The summed E-state index contributed by atoms with van der Waals surface area (Å²) in [6.07, 6.45) is 6.72. The van der Waals surface area contributed by atoms with Gasteiger partial charge in [0.1, 0.15) is 5.78 Å². The standard InChI is InChI=1S/C28H46O5/c1-15(2)17(14-29)7-6-16(3)20-13-22(31)24-23-19(9-11-28(20,24)5)27(4)10-8-18(30)12-21(27)25(32)26(23)33/h6-7,15-21,23-26,29-30,32-33H,8-14H2,1-5H3. The molecular weight excluding hydrogens is 416 g/mol. The predicted octanol–water partition coefficient (Wildman–Crippen LogP) is 3.58. The lowest BCUT2D eigenvalue weighted by Crippen LogP contribution is -2.64. The molecule has 0 aromatic carbocycles. The second-order valence-electron chi connectivity index (χ2n) is 12.8. The fourth-order valence-electron chi connectivity index (χ4n) is 8.80. The van der Waals surface area contributed by atoms with Gasteiger partial charge in [0.25, 0.3) is 0 Å². The maximum atomic E-state index is 13.6. The number of carbonyl (C=O) groups excluding carboxylic acids is 1. The van der Waals surface area contributed by atoms with Crippen LogP contribution in [0.4, 0.5) is 0 Å². The minimum Gasteiger partial charge on any atom is -0.396 e. The SMILES string of the molecule is CC(C)C(C=CC(C)C1CC(=O)C2C3C(O)C(O)C4CC(O)CCC4(C)C3CCC12C)CO. The van der Waals surface area contributed by atoms with Crippen molar-refractivity contribution in [2.45, 2.75) is 91.5 Å². The normalized spacial score (nSPS) is 49.6. The Hall–Kier alpha value is -0.750. The number of fused-ring (bicyclic) bond motifs is 5. The molecule has 33 heavy (non-hydrogen) atoms. The van der Waals surface area contributed by atoms with Crippen LogP contribution in [0.25, 0.3) is 0 Å². The molecule has 4 saturated carbocycles. The van der Waals surface area contributed by atoms with E-state index in [4.69, 9.17) is 0 Å². The highest BCUT2D eigenvalue weighted by Crippen LogP contribution is 2.67. The van der Waals surface area contributed by atoms with Crippen LogP contribution in [0, 0.1) is 58.2 Å². The first-order valence-corrected chi connectivity index (χ1v) is 13.3. The van der Waals surface area contributed by atoms with Gasteiger partial charge in [0.2, 0.25) is 0 Å². The van der Waals surface area contributed by atoms with Crippen molar-refractivity contribution in [3.63, 3.8) is 0 Å². The molecule has 188 valence electrons. The zero-order chi connectivity index (χ0) is 24.3. The Morgan fingerprint density at radius 1 is 0.970 bits per heavy atom. The number of aliphatic hydroxyl groups excluding tert-OH is 4. The van der Waals surface area contributed by atoms with Crippen LogP contribution in [0.2, 0.25) is 0 Å². The van der Waals surface area contributed by atoms with Crippen LogP contribution >= 0.6 is 0 Å². The molecule has 0 aromatic rings. The minimum atomic E-state index is -0.906. The summed E-state index contributed by atoms with van der Waals surface area (Å²) in [5.41, 5.74) is -0.327. The molecule has 0 bridgehead atoms. The number of carbonyl (C=O) groups is 1. The minimum absolute atomic E-state index is 0.109. The third-order valence-corrected chi connectivity index (χ3v) is 10.9. The Kier molecular flexibility index (Phi) is 6.94. The largest absolute Gasteiger partial charge is 0.396 e. The molecule has 12 unspecified atom stereocenters. The van der Waals surface area contributed by atoms with Gasteiger partial charge in [0, 0.05) is 30.8 Å². The van der Waals surface area contributed by atoms with Crippen LogP contribution in [-0.4, -0.2) is 51.1 Å². The van der Waals surface area contributed by atoms with Crippen molar-refractivity contribution in [3.8, 4) is 0 Å². The van der Waals surface area contributed by atoms with E-state index in [-0.39, 0.29) is 64.6 Å². The van der Waals surface area contributed by atoms with Gasteiger partial charge in [0.05, 0.1) is 18.3 Å². The predicted molar refractivity (Wildman–Crippen MR) is 128 cm³/mol. The summed E-state index contributed by atoms with van der Waals surface area (Å²) < 4.78 is 0. The van der Waals surface area contributed by atoms with Gasteiger partial charge in [-0.2, -0.15) is 0 Å². The zero-order valence-corrected chi connectivity index (χ0v) is 21.2. The third kappa shape index (κ3) is 3.95. The van der Waals surface area contributed by atoms with Crippen LogP contribution in [-0.2, 0) is 4.79 Å². The molecule has 0 aliphatic heterocycles. The van der Waals surface area contributed by atoms with E-state index in [9.17, 15) is 25.2 Å². The van der Waals surface area contributed by atoms with E-state index >= 15 is 0 Å². The first-order valence-electron chi connectivity index (χ1n) is 13.3. The van der Waals surface area contributed by atoms with E-state index in [2.05, 4.69) is 46.8 Å². The monoisotopic (exact) mass is 462 g/mol. The average molecular weight is 463 g/mol. The molecule has 5 heteroatoms. The second kappa shape index (κ2) is 9.04. The maximum absolute atomic E-state index is 13.6. The first-order chi connectivity index (χ1) is 15.5. The molecule has 0 radical (unpaired) electrons. The Labute approximate surface area is 199 Å². The lowest BCUT2D eigenvalue weighted by Gasteiger charge is -2.63. The molecule has 12 atom stereocenters. The van der Waals surface area contributed by atoms with Crippen molar-refractivity contribution in [2.24, 2.45) is 58.2 Å². The molecule has 4 fully saturated rings. The van der Waals surface area contributed by atoms with Gasteiger partial charge >= 0.3 is 0 Å². The number of ketones is 1. The Morgan fingerprint density at radius 2 is 1.64 bits per heavy atom. The highest BCUT2D eigenvalue weighted by atomic mass is 16.3. The van der Waals surface area contributed by atoms with Gasteiger partial charge in [-0.05, 0) is 72.5 Å². The molecule has 4 aliphatic carbocycles. The van der Waals surface area contributed by atoms with Gasteiger partial charge in [0.15, 0.2) is 0 Å². The molecule has 4 rings (SSSR count). The van der Waals surface area contributed by atoms with E-state index in [1.807, 2.05) is 0 Å². The molecule has 4 N–H and O–H groups in total. The molecule has 0 amide bonds. The van der Waals surface area contributed by atoms with Crippen molar-refractivity contribution in [3.05, 3.63) is 12.2 Å². The number of rotatable bonds is 5. The Bertz CT molecular complexity index is 763. The third-order valence-electron chi connectivity index (χ3n) is 10.9. The number of allylic oxidation sites excluding steroid dienone is 1. The number of hydrogen-bond acceptors (Lipinski definition) is 5. The first kappa shape index (κ1) is 25.3. The van der Waals surface area contributed by atoms with Crippen LogP contribution in [0.5, 0.6) is 0 Å². The van der Waals surface area contributed by atoms with Crippen LogP contribution in [0.15, 0.2) is 12.2 Å². The van der Waals surface area contributed by atoms with Crippen LogP contribution < -0.4 is 0 Å². The van der Waals surface area contributed by atoms with E-state index in [1.54, 1.807) is 0 Å². The topological polar surface area (TPSA) is 98.0 Å². The molecule has 5 nitrogen and oxygen atoms in total. The molecule has 0 heterocycles. The zero-order valence-electron chi connectivity index (χ0n) is 21.2. The Balaban J connectivity index is 1.62. The van der Waals surface area contributed by atoms with E-state index in [0.29, 0.717) is 18.8 Å². The van der Waals surface area contributed by atoms with Gasteiger partial charge < -0.3 is 20.4 Å². The fourth-order valence-corrected chi connectivity index (χ4v) is 8.80. The van der Waals surface area contributed by atoms with Crippen molar-refractivity contribution in [2.75, 3.05) is 6.61 Å². The van der Waals surface area contributed by atoms with E-state index < -0.39 is 18.3 Å². The van der Waals surface area contributed by atoms with E-state index in [1.165, 1.54) is 0 Å². The number of Topliss-reactive ketones (excluding diaryl/α,β-unsaturated/α-hetero) is 1. The number of hydrogen-bond donors (Lipinski definition) is 4. The summed E-state index contributed by atoms with van der Waals surface area (Å²) in [6.45, 7) is 11.0. The van der Waals surface area contributed by atoms with Crippen LogP contribution in [0.3, 0.4) is 0 Å². The van der Waals surface area contributed by atoms with Gasteiger partial charge in [-0.1, -0.05) is 46.8 Å². The summed E-state index contributed by atoms with van der Waals surface area (Å²) in [5.74, 6) is 0.844. The van der Waals surface area contributed by atoms with Gasteiger partial charge in [-0.15, -0.1) is 0 Å². The van der Waals surface area contributed by atoms with Crippen molar-refractivity contribution in [1.29, 1.82) is 0 Å². The van der Waals surface area contributed by atoms with Crippen molar-refractivity contribution < 1.29 is 25.2 Å². The molecular formula is C28H46O5. The summed E-state index contributed by atoms with van der Waals surface area (Å²) in [6, 6.07) is 0. The molecule has 0 spiro atoms. The number of aliphatic hydroxyl groups is 4. The van der Waals surface area contributed by atoms with E-state index in [0.717, 1.165) is 25.7 Å². The Morgan fingerprint density at radius 3 is 2.27 bits per heavy atom. The second-order valence-corrected chi connectivity index (χ2v) is 12.8. The summed E-state index contributed by atoms with van der Waals surface area (Å²) in [7, 11) is 0. The van der Waals surface area contributed by atoms with Gasteiger partial charge in [-0.25, -0.2) is 0 Å². The molecule has 0 aromatic heterocycles. The molecule has 0 saturated heterocycles. The highest BCUT2D eigenvalue weighted by Gasteiger charge is 2.67. The summed E-state index contributed by atoms with van der Waals surface area (Å²) >= 11 is 0. The summed E-state index contributed by atoms with van der Waals surface area (Å²) in [5, 5.41) is 42.5.